The molecule has 0 amide bonds. The summed E-state index contributed by atoms with van der Waals surface area (Å²) in [7, 11) is -3.24. The Bertz CT molecular complexity index is 557. The highest BCUT2D eigenvalue weighted by molar-refractivity contribution is 9.11. The highest BCUT2D eigenvalue weighted by Gasteiger charge is 2.36. The molecule has 0 radical (unpaired) electrons. The van der Waals surface area contributed by atoms with Crippen LogP contribution < -0.4 is 5.32 Å². The predicted molar refractivity (Wildman–Crippen MR) is 75.3 cm³/mol. The van der Waals surface area contributed by atoms with Crippen molar-refractivity contribution in [2.75, 3.05) is 20.1 Å². The molecule has 0 fully saturated rings. The first-order chi connectivity index (χ1) is 9.08. The molecule has 1 heterocycles. The van der Waals surface area contributed by atoms with E-state index in [4.69, 9.17) is 0 Å². The Morgan fingerprint density at radius 2 is 2.05 bits per heavy atom. The van der Waals surface area contributed by atoms with Crippen LogP contribution in [-0.2, 0) is 16.6 Å². The smallest absolute Gasteiger partial charge is 0.312 e. The van der Waals surface area contributed by atoms with E-state index in [0.717, 1.165) is 11.9 Å². The van der Waals surface area contributed by atoms with E-state index < -0.39 is 22.7 Å². The zero-order valence-electron chi connectivity index (χ0n) is 10.8. The Morgan fingerprint density at radius 3 is 2.55 bits per heavy atom. The lowest BCUT2D eigenvalue weighted by molar-refractivity contribution is -0.134. The van der Waals surface area contributed by atoms with E-state index in [1.165, 1.54) is 17.4 Å². The molecule has 0 saturated carbocycles. The molecule has 1 rings (SSSR count). The Hall–Kier alpha value is -0.160. The average molecular weight is 395 g/mol. The molecule has 116 valence electrons. The molecular weight excluding hydrogens is 381 g/mol. The van der Waals surface area contributed by atoms with Crippen molar-refractivity contribution in [3.05, 3.63) is 14.7 Å². The van der Waals surface area contributed by atoms with E-state index in [1.54, 1.807) is 0 Å². The van der Waals surface area contributed by atoms with Gasteiger partial charge in [-0.05, 0) is 28.5 Å². The molecule has 0 spiro atoms. The molecule has 0 saturated heterocycles. The van der Waals surface area contributed by atoms with Gasteiger partial charge in [0.05, 0.1) is 3.79 Å². The van der Waals surface area contributed by atoms with E-state index in [1.807, 2.05) is 6.92 Å². The van der Waals surface area contributed by atoms with Gasteiger partial charge >= 0.3 is 6.18 Å². The van der Waals surface area contributed by atoms with Crippen LogP contribution in [0.4, 0.5) is 13.2 Å². The van der Waals surface area contributed by atoms with Crippen LogP contribution in [-0.4, -0.2) is 39.0 Å². The Labute approximate surface area is 128 Å². The fourth-order valence-corrected chi connectivity index (χ4v) is 5.17. The number of halogens is 4. The molecule has 0 atom stereocenters. The summed E-state index contributed by atoms with van der Waals surface area (Å²) in [4.78, 5) is 0.597. The van der Waals surface area contributed by atoms with Gasteiger partial charge in [0, 0.05) is 18.5 Å². The summed E-state index contributed by atoms with van der Waals surface area (Å²) in [6.07, 6.45) is -4.57. The molecular formula is C10H14BrF3N2O2S2. The third kappa shape index (κ3) is 4.69. The molecule has 20 heavy (non-hydrogen) atoms. The first kappa shape index (κ1) is 17.9. The number of sulfonamides is 1. The Kier molecular flexibility index (Phi) is 6.02. The van der Waals surface area contributed by atoms with Gasteiger partial charge in [0.1, 0.15) is 11.4 Å². The average Bonchev–Trinajstić information content (AvgIpc) is 2.66. The number of nitrogens with one attached hydrogen (secondary N) is 1. The summed E-state index contributed by atoms with van der Waals surface area (Å²) in [5.74, 6) is 0. The van der Waals surface area contributed by atoms with Crippen molar-refractivity contribution in [3.63, 3.8) is 0 Å². The van der Waals surface area contributed by atoms with Crippen LogP contribution in [0, 0.1) is 0 Å². The zero-order chi connectivity index (χ0) is 15.6. The molecule has 0 aromatic carbocycles. The lowest BCUT2D eigenvalue weighted by atomic mass is 10.4. The third-order valence-corrected chi connectivity index (χ3v) is 6.40. The van der Waals surface area contributed by atoms with Crippen LogP contribution >= 0.6 is 27.3 Å². The molecule has 0 bridgehead atoms. The van der Waals surface area contributed by atoms with Gasteiger partial charge < -0.3 is 5.32 Å². The van der Waals surface area contributed by atoms with E-state index in [2.05, 4.69) is 21.2 Å². The van der Waals surface area contributed by atoms with Gasteiger partial charge in [0.15, 0.2) is 0 Å². The van der Waals surface area contributed by atoms with E-state index in [9.17, 15) is 21.6 Å². The number of hydrogen-bond acceptors (Lipinski definition) is 4. The topological polar surface area (TPSA) is 49.4 Å². The quantitative estimate of drug-likeness (QED) is 0.806. The Balaban J connectivity index is 3.00. The number of hydrogen-bond donors (Lipinski definition) is 1. The van der Waals surface area contributed by atoms with Gasteiger partial charge in [-0.3, -0.25) is 0 Å². The molecule has 1 aromatic heterocycles. The van der Waals surface area contributed by atoms with E-state index in [-0.39, 0.29) is 4.90 Å². The summed E-state index contributed by atoms with van der Waals surface area (Å²) in [5, 5.41) is 3.03. The van der Waals surface area contributed by atoms with Crippen LogP contribution in [0.1, 0.15) is 11.8 Å². The molecule has 10 heteroatoms. The normalized spacial score (nSPS) is 13.2. The van der Waals surface area contributed by atoms with Gasteiger partial charge in [-0.1, -0.05) is 6.92 Å². The SMILES string of the molecule is CCNCc1cc(S(=O)(=O)N(C)CC(F)(F)F)c(Br)s1. The maximum Gasteiger partial charge on any atom is 0.402 e. The molecule has 0 aliphatic carbocycles. The molecule has 1 N–H and O–H groups in total. The van der Waals surface area contributed by atoms with Crippen molar-refractivity contribution in [1.29, 1.82) is 0 Å². The van der Waals surface area contributed by atoms with Crippen LogP contribution in [0.25, 0.3) is 0 Å². The number of thiophene rings is 1. The zero-order valence-corrected chi connectivity index (χ0v) is 14.0. The van der Waals surface area contributed by atoms with Gasteiger partial charge in [0.25, 0.3) is 0 Å². The second kappa shape index (κ2) is 6.73. The van der Waals surface area contributed by atoms with Gasteiger partial charge in [-0.25, -0.2) is 8.42 Å². The van der Waals surface area contributed by atoms with Crippen molar-refractivity contribution in [1.82, 2.24) is 9.62 Å². The van der Waals surface area contributed by atoms with Crippen LogP contribution in [0.3, 0.4) is 0 Å². The third-order valence-electron chi connectivity index (χ3n) is 2.35. The van der Waals surface area contributed by atoms with Crippen LogP contribution in [0.5, 0.6) is 0 Å². The van der Waals surface area contributed by atoms with Gasteiger partial charge in [-0.15, -0.1) is 11.3 Å². The van der Waals surface area contributed by atoms with Gasteiger partial charge in [-0.2, -0.15) is 17.5 Å². The molecule has 0 aliphatic rings. The second-order valence-electron chi connectivity index (χ2n) is 4.01. The lowest BCUT2D eigenvalue weighted by Crippen LogP contribution is -2.35. The number of nitrogens with zero attached hydrogens (tertiary/aromatic N) is 1. The molecule has 0 aliphatic heterocycles. The van der Waals surface area contributed by atoms with Crippen molar-refractivity contribution < 1.29 is 21.6 Å². The van der Waals surface area contributed by atoms with Crippen LogP contribution in [0.2, 0.25) is 0 Å². The highest BCUT2D eigenvalue weighted by atomic mass is 79.9. The predicted octanol–water partition coefficient (Wildman–Crippen LogP) is 2.80. The standard InChI is InChI=1S/C10H14BrF3N2O2S2/c1-3-15-5-7-4-8(9(11)19-7)20(17,18)16(2)6-10(12,13)14/h4,15H,3,5-6H2,1-2H3. The largest absolute Gasteiger partial charge is 0.402 e. The first-order valence-corrected chi connectivity index (χ1v) is 8.65. The summed E-state index contributed by atoms with van der Waals surface area (Å²) in [6.45, 7) is 1.57. The van der Waals surface area contributed by atoms with Crippen molar-refractivity contribution >= 4 is 37.3 Å². The minimum atomic E-state index is -4.57. The second-order valence-corrected chi connectivity index (χ2v) is 8.48. The minimum absolute atomic E-state index is 0.137. The minimum Gasteiger partial charge on any atom is -0.312 e. The van der Waals surface area contributed by atoms with E-state index in [0.29, 0.717) is 21.2 Å². The molecule has 1 aromatic rings. The molecule has 0 unspecified atom stereocenters. The van der Waals surface area contributed by atoms with Crippen molar-refractivity contribution in [2.45, 2.75) is 24.5 Å². The maximum absolute atomic E-state index is 12.3. The lowest BCUT2D eigenvalue weighted by Gasteiger charge is -2.18. The number of rotatable bonds is 6. The summed E-state index contributed by atoms with van der Waals surface area (Å²) in [6, 6.07) is 1.39. The first-order valence-electron chi connectivity index (χ1n) is 5.60. The highest BCUT2D eigenvalue weighted by Crippen LogP contribution is 2.34. The number of alkyl halides is 3. The fraction of sp³-hybridized carbons (Fsp3) is 0.600. The maximum atomic E-state index is 12.3. The summed E-state index contributed by atoms with van der Waals surface area (Å²) < 4.78 is 61.7. The van der Waals surface area contributed by atoms with Gasteiger partial charge in [0.2, 0.25) is 10.0 Å². The summed E-state index contributed by atoms with van der Waals surface area (Å²) >= 11 is 4.28. The van der Waals surface area contributed by atoms with Crippen molar-refractivity contribution in [2.24, 2.45) is 0 Å². The monoisotopic (exact) mass is 394 g/mol. The fourth-order valence-electron chi connectivity index (χ4n) is 1.41. The van der Waals surface area contributed by atoms with E-state index >= 15 is 0 Å². The molecule has 4 nitrogen and oxygen atoms in total. The van der Waals surface area contributed by atoms with Crippen LogP contribution in [0.15, 0.2) is 14.7 Å². The Morgan fingerprint density at radius 1 is 1.45 bits per heavy atom. The van der Waals surface area contributed by atoms with Crippen molar-refractivity contribution in [3.8, 4) is 0 Å². The summed E-state index contributed by atoms with van der Waals surface area (Å²) in [5.41, 5.74) is 0.